The van der Waals surface area contributed by atoms with Gasteiger partial charge in [0, 0.05) is 16.5 Å². The van der Waals surface area contributed by atoms with E-state index in [1.54, 1.807) is 0 Å². The molecule has 1 aliphatic carbocycles. The molecule has 0 heterocycles. The van der Waals surface area contributed by atoms with Crippen LogP contribution in [0.3, 0.4) is 0 Å². The molecule has 0 saturated heterocycles. The molecule has 0 bridgehead atoms. The first kappa shape index (κ1) is 20.6. The highest BCUT2D eigenvalue weighted by molar-refractivity contribution is 7.73. The summed E-state index contributed by atoms with van der Waals surface area (Å²) in [6.07, 6.45) is 5.23. The van der Waals surface area contributed by atoms with Gasteiger partial charge in [0.15, 0.2) is 0 Å². The maximum atomic E-state index is 8.56. The van der Waals surface area contributed by atoms with Gasteiger partial charge >= 0.3 is 0 Å². The molecular formula is C17H27ClNO3S-. The Morgan fingerprint density at radius 2 is 1.78 bits per heavy atom. The molecule has 23 heavy (non-hydrogen) atoms. The lowest BCUT2D eigenvalue weighted by Gasteiger charge is -2.51. The van der Waals surface area contributed by atoms with E-state index in [0.717, 1.165) is 10.9 Å². The molecule has 2 unspecified atom stereocenters. The summed E-state index contributed by atoms with van der Waals surface area (Å²) in [5, 5.41) is 0.837. The van der Waals surface area contributed by atoms with Gasteiger partial charge in [-0.2, -0.15) is 0 Å². The molecule has 1 aliphatic rings. The first-order valence-corrected chi connectivity index (χ1v) is 9.31. The van der Waals surface area contributed by atoms with E-state index < -0.39 is 11.4 Å². The summed E-state index contributed by atoms with van der Waals surface area (Å²) < 4.78 is 24.1. The van der Waals surface area contributed by atoms with Gasteiger partial charge in [-0.05, 0) is 57.0 Å². The summed E-state index contributed by atoms with van der Waals surface area (Å²) >= 11 is 3.18. The van der Waals surface area contributed by atoms with Crippen LogP contribution in [0.1, 0.15) is 45.1 Å². The van der Waals surface area contributed by atoms with Crippen molar-refractivity contribution in [1.82, 2.24) is 4.90 Å². The Bertz CT molecular complexity index is 497. The number of nitrogens with zero attached hydrogens (tertiary/aromatic N) is 1. The van der Waals surface area contributed by atoms with E-state index in [1.165, 1.54) is 31.2 Å². The van der Waals surface area contributed by atoms with Crippen LogP contribution in [0.4, 0.5) is 0 Å². The Morgan fingerprint density at radius 1 is 1.30 bits per heavy atom. The fraction of sp³-hybridized carbons (Fsp3) is 0.647. The van der Waals surface area contributed by atoms with E-state index in [9.17, 15) is 0 Å². The average Bonchev–Trinajstić information content (AvgIpc) is 2.37. The SMILES string of the molecule is CC(C)CC(N(C)C)C1(c2ccc(Cl)cc2)CCC1.O=S([O-])O. The van der Waals surface area contributed by atoms with Crippen molar-refractivity contribution in [2.45, 2.75) is 51.0 Å². The summed E-state index contributed by atoms with van der Waals surface area (Å²) in [7, 11) is 4.45. The average molecular weight is 361 g/mol. The normalized spacial score (nSPS) is 18.8. The van der Waals surface area contributed by atoms with Gasteiger partial charge in [0.05, 0.1) is 11.4 Å². The predicted molar refractivity (Wildman–Crippen MR) is 95.5 cm³/mol. The zero-order valence-electron chi connectivity index (χ0n) is 14.3. The quantitative estimate of drug-likeness (QED) is 0.803. The van der Waals surface area contributed by atoms with Gasteiger partial charge in [-0.1, -0.05) is 44.0 Å². The van der Waals surface area contributed by atoms with Crippen molar-refractivity contribution in [3.8, 4) is 0 Å². The summed E-state index contributed by atoms with van der Waals surface area (Å²) in [6.45, 7) is 4.65. The molecule has 0 spiro atoms. The summed E-state index contributed by atoms with van der Waals surface area (Å²) in [5.74, 6) is 0.733. The maximum absolute atomic E-state index is 8.56. The summed E-state index contributed by atoms with van der Waals surface area (Å²) in [4.78, 5) is 2.42. The summed E-state index contributed by atoms with van der Waals surface area (Å²) in [6, 6.07) is 9.18. The molecule has 0 amide bonds. The monoisotopic (exact) mass is 360 g/mol. The molecule has 4 nitrogen and oxygen atoms in total. The molecule has 1 aromatic carbocycles. The first-order chi connectivity index (χ1) is 10.7. The van der Waals surface area contributed by atoms with Crippen LogP contribution < -0.4 is 0 Å². The van der Waals surface area contributed by atoms with E-state index in [2.05, 4.69) is 45.0 Å². The number of hydrogen-bond acceptors (Lipinski definition) is 3. The molecule has 2 rings (SSSR count). The molecule has 1 aromatic rings. The third kappa shape index (κ3) is 5.84. The van der Waals surface area contributed by atoms with Crippen molar-refractivity contribution in [2.75, 3.05) is 14.1 Å². The highest BCUT2D eigenvalue weighted by Gasteiger charge is 2.46. The van der Waals surface area contributed by atoms with Crippen molar-refractivity contribution >= 4 is 23.0 Å². The van der Waals surface area contributed by atoms with Crippen LogP contribution >= 0.6 is 11.6 Å². The fourth-order valence-electron chi connectivity index (χ4n) is 3.53. The minimum Gasteiger partial charge on any atom is -0.750 e. The van der Waals surface area contributed by atoms with E-state index in [0.29, 0.717) is 11.5 Å². The first-order valence-electron chi connectivity index (χ1n) is 7.90. The standard InChI is InChI=1S/C17H26ClN.H2O3S/c1-13(2)12-16(19(3)4)17(10-5-11-17)14-6-8-15(18)9-7-14;1-4(2)3/h6-9,13,16H,5,10-12H2,1-4H3;(H2,1,2,3)/p-1. The minimum absolute atomic E-state index is 0.346. The molecular weight excluding hydrogens is 334 g/mol. The number of likely N-dealkylation sites (N-methyl/N-ethyl adjacent to an activating group) is 1. The van der Waals surface area contributed by atoms with E-state index in [1.807, 2.05) is 12.1 Å². The van der Waals surface area contributed by atoms with Gasteiger partial charge in [0.25, 0.3) is 0 Å². The number of benzene rings is 1. The largest absolute Gasteiger partial charge is 0.750 e. The minimum atomic E-state index is -2.86. The van der Waals surface area contributed by atoms with Gasteiger partial charge in [-0.3, -0.25) is 0 Å². The molecule has 1 fully saturated rings. The van der Waals surface area contributed by atoms with Gasteiger partial charge in [-0.25, -0.2) is 4.21 Å². The lowest BCUT2D eigenvalue weighted by Crippen LogP contribution is -2.52. The second-order valence-corrected chi connectivity index (χ2v) is 7.71. The van der Waals surface area contributed by atoms with Gasteiger partial charge < -0.3 is 14.0 Å². The number of halogens is 1. The molecule has 0 aliphatic heterocycles. The van der Waals surface area contributed by atoms with Crippen LogP contribution in [0.2, 0.25) is 5.02 Å². The van der Waals surface area contributed by atoms with Crippen LogP contribution in [0.5, 0.6) is 0 Å². The molecule has 2 atom stereocenters. The van der Waals surface area contributed by atoms with Crippen molar-refractivity contribution in [3.05, 3.63) is 34.9 Å². The lowest BCUT2D eigenvalue weighted by molar-refractivity contribution is 0.0808. The van der Waals surface area contributed by atoms with Gasteiger partial charge in [0.2, 0.25) is 0 Å². The highest BCUT2D eigenvalue weighted by atomic mass is 35.5. The molecule has 1 saturated carbocycles. The highest BCUT2D eigenvalue weighted by Crippen LogP contribution is 2.49. The molecule has 1 N–H and O–H groups in total. The molecule has 0 aromatic heterocycles. The van der Waals surface area contributed by atoms with Crippen LogP contribution in [-0.2, 0) is 16.8 Å². The molecule has 6 heteroatoms. The Kier molecular flexibility index (Phi) is 8.18. The second-order valence-electron chi connectivity index (χ2n) is 6.84. The molecule has 0 radical (unpaired) electrons. The van der Waals surface area contributed by atoms with E-state index >= 15 is 0 Å². The maximum Gasteiger partial charge on any atom is 0.0814 e. The third-order valence-corrected chi connectivity index (χ3v) is 4.87. The van der Waals surface area contributed by atoms with Crippen molar-refractivity contribution < 1.29 is 13.3 Å². The topological polar surface area (TPSA) is 63.6 Å². The van der Waals surface area contributed by atoms with Crippen molar-refractivity contribution in [1.29, 1.82) is 0 Å². The number of hydrogen-bond donors (Lipinski definition) is 1. The van der Waals surface area contributed by atoms with Crippen LogP contribution in [0, 0.1) is 5.92 Å². The number of rotatable bonds is 5. The van der Waals surface area contributed by atoms with Crippen LogP contribution in [0.15, 0.2) is 24.3 Å². The smallest absolute Gasteiger partial charge is 0.0814 e. The van der Waals surface area contributed by atoms with Gasteiger partial charge in [0.1, 0.15) is 0 Å². The Hall–Kier alpha value is -0.460. The third-order valence-electron chi connectivity index (χ3n) is 4.62. The van der Waals surface area contributed by atoms with Crippen molar-refractivity contribution in [2.24, 2.45) is 5.92 Å². The Morgan fingerprint density at radius 3 is 2.09 bits per heavy atom. The lowest BCUT2D eigenvalue weighted by atomic mass is 9.58. The fourth-order valence-corrected chi connectivity index (χ4v) is 3.66. The zero-order valence-corrected chi connectivity index (χ0v) is 15.9. The van der Waals surface area contributed by atoms with Crippen LogP contribution in [0.25, 0.3) is 0 Å². The van der Waals surface area contributed by atoms with E-state index in [-0.39, 0.29) is 0 Å². The predicted octanol–water partition coefficient (Wildman–Crippen LogP) is 4.08. The Balaban J connectivity index is 0.000000593. The summed E-state index contributed by atoms with van der Waals surface area (Å²) in [5.41, 5.74) is 1.82. The molecule has 132 valence electrons. The van der Waals surface area contributed by atoms with Crippen LogP contribution in [-0.4, -0.2) is 38.4 Å². The van der Waals surface area contributed by atoms with E-state index in [4.69, 9.17) is 24.9 Å². The second kappa shape index (κ2) is 9.14. The van der Waals surface area contributed by atoms with Crippen molar-refractivity contribution in [3.63, 3.8) is 0 Å². The Labute approximate surface area is 147 Å². The zero-order chi connectivity index (χ0) is 17.6. The van der Waals surface area contributed by atoms with Gasteiger partial charge in [-0.15, -0.1) is 0 Å².